The normalized spacial score (nSPS) is 14.9. The molecule has 1 aliphatic carbocycles. The molecule has 0 bridgehead atoms. The smallest absolute Gasteiger partial charge is 0.174 e. The second-order valence-corrected chi connectivity index (χ2v) is 4.95. The van der Waals surface area contributed by atoms with E-state index in [1.54, 1.807) is 0 Å². The van der Waals surface area contributed by atoms with Gasteiger partial charge in [-0.15, -0.1) is 0 Å². The molecule has 20 heavy (non-hydrogen) atoms. The van der Waals surface area contributed by atoms with Crippen LogP contribution in [-0.2, 0) is 0 Å². The van der Waals surface area contributed by atoms with Gasteiger partial charge in [0.2, 0.25) is 0 Å². The standard InChI is InChI=1S/C19H16O/c20-19(17-13-5-2-6-14-17)18(16-11-7-8-12-16)15-9-3-1-4-10-15/h1-11,13-14,18H,12H2. The Kier molecular flexibility index (Phi) is 3.60. The van der Waals surface area contributed by atoms with Crippen LogP contribution < -0.4 is 0 Å². The summed E-state index contributed by atoms with van der Waals surface area (Å²) in [5, 5.41) is 0. The molecule has 2 aromatic rings. The van der Waals surface area contributed by atoms with Crippen molar-refractivity contribution in [3.8, 4) is 0 Å². The fraction of sp³-hybridized carbons (Fsp3) is 0.105. The summed E-state index contributed by atoms with van der Waals surface area (Å²) in [5.74, 6) is 0.000324. The fourth-order valence-corrected chi connectivity index (χ4v) is 2.63. The van der Waals surface area contributed by atoms with E-state index in [1.165, 1.54) is 5.57 Å². The molecule has 0 saturated heterocycles. The van der Waals surface area contributed by atoms with E-state index < -0.39 is 0 Å². The maximum absolute atomic E-state index is 12.9. The minimum absolute atomic E-state index is 0.173. The van der Waals surface area contributed by atoms with Gasteiger partial charge in [0, 0.05) is 5.56 Å². The average Bonchev–Trinajstić information content (AvgIpc) is 3.03. The Bertz CT molecular complexity index is 651. The van der Waals surface area contributed by atoms with Crippen molar-refractivity contribution in [1.82, 2.24) is 0 Å². The Morgan fingerprint density at radius 3 is 2.15 bits per heavy atom. The molecule has 1 nitrogen and oxygen atoms in total. The van der Waals surface area contributed by atoms with Crippen molar-refractivity contribution in [2.75, 3.05) is 0 Å². The summed E-state index contributed by atoms with van der Waals surface area (Å²) in [6.45, 7) is 0. The molecule has 98 valence electrons. The van der Waals surface area contributed by atoms with Gasteiger partial charge >= 0.3 is 0 Å². The van der Waals surface area contributed by atoms with E-state index >= 15 is 0 Å². The van der Waals surface area contributed by atoms with Gasteiger partial charge in [0.05, 0.1) is 5.92 Å². The first kappa shape index (κ1) is 12.6. The molecular formula is C19H16O. The molecular weight excluding hydrogens is 244 g/mol. The van der Waals surface area contributed by atoms with Crippen LogP contribution in [0.25, 0.3) is 0 Å². The van der Waals surface area contributed by atoms with Gasteiger partial charge in [-0.1, -0.05) is 84.5 Å². The van der Waals surface area contributed by atoms with Gasteiger partial charge < -0.3 is 0 Å². The minimum Gasteiger partial charge on any atom is -0.293 e. The van der Waals surface area contributed by atoms with Gasteiger partial charge in [-0.25, -0.2) is 0 Å². The first-order valence-electron chi connectivity index (χ1n) is 6.86. The highest BCUT2D eigenvalue weighted by atomic mass is 16.1. The minimum atomic E-state index is -0.173. The number of ketones is 1. The van der Waals surface area contributed by atoms with E-state index in [-0.39, 0.29) is 11.7 Å². The van der Waals surface area contributed by atoms with Crippen LogP contribution in [0.15, 0.2) is 84.5 Å². The summed E-state index contributed by atoms with van der Waals surface area (Å²) in [4.78, 5) is 12.9. The lowest BCUT2D eigenvalue weighted by Crippen LogP contribution is -2.15. The van der Waals surface area contributed by atoms with Crippen molar-refractivity contribution in [1.29, 1.82) is 0 Å². The molecule has 1 aliphatic rings. The molecule has 0 aromatic heterocycles. The molecule has 0 fully saturated rings. The first-order chi connectivity index (χ1) is 9.86. The number of hydrogen-bond acceptors (Lipinski definition) is 1. The molecule has 1 atom stereocenters. The molecule has 0 aliphatic heterocycles. The topological polar surface area (TPSA) is 17.1 Å². The maximum Gasteiger partial charge on any atom is 0.174 e. The second-order valence-electron chi connectivity index (χ2n) is 4.95. The zero-order chi connectivity index (χ0) is 13.8. The Morgan fingerprint density at radius 1 is 0.900 bits per heavy atom. The highest BCUT2D eigenvalue weighted by Gasteiger charge is 2.25. The van der Waals surface area contributed by atoms with Gasteiger partial charge in [-0.05, 0) is 12.0 Å². The van der Waals surface area contributed by atoms with Gasteiger partial charge in [0.25, 0.3) is 0 Å². The maximum atomic E-state index is 12.9. The van der Waals surface area contributed by atoms with Crippen LogP contribution in [0.1, 0.15) is 28.3 Å². The molecule has 1 heteroatoms. The SMILES string of the molecule is O=C(c1ccccc1)C(C1=CC=CC1)c1ccccc1. The van der Waals surface area contributed by atoms with Crippen LogP contribution in [0.2, 0.25) is 0 Å². The van der Waals surface area contributed by atoms with Gasteiger partial charge in [-0.3, -0.25) is 4.79 Å². The molecule has 0 N–H and O–H groups in total. The predicted octanol–water partition coefficient (Wildman–Crippen LogP) is 4.54. The molecule has 0 radical (unpaired) electrons. The lowest BCUT2D eigenvalue weighted by atomic mass is 9.84. The van der Waals surface area contributed by atoms with E-state index in [0.717, 1.165) is 17.5 Å². The lowest BCUT2D eigenvalue weighted by molar-refractivity contribution is 0.0972. The Morgan fingerprint density at radius 2 is 1.55 bits per heavy atom. The van der Waals surface area contributed by atoms with Crippen LogP contribution in [0, 0.1) is 0 Å². The Hall–Kier alpha value is -2.41. The highest BCUT2D eigenvalue weighted by molar-refractivity contribution is 6.03. The zero-order valence-electron chi connectivity index (χ0n) is 11.2. The highest BCUT2D eigenvalue weighted by Crippen LogP contribution is 2.32. The van der Waals surface area contributed by atoms with Gasteiger partial charge in [-0.2, -0.15) is 0 Å². The molecule has 1 unspecified atom stereocenters. The van der Waals surface area contributed by atoms with Crippen LogP contribution >= 0.6 is 0 Å². The van der Waals surface area contributed by atoms with E-state index in [0.29, 0.717) is 0 Å². The van der Waals surface area contributed by atoms with E-state index in [4.69, 9.17) is 0 Å². The number of hydrogen-bond donors (Lipinski definition) is 0. The molecule has 0 amide bonds. The lowest BCUT2D eigenvalue weighted by Gasteiger charge is -2.18. The van der Waals surface area contributed by atoms with Gasteiger partial charge in [0.1, 0.15) is 0 Å². The number of rotatable bonds is 4. The monoisotopic (exact) mass is 260 g/mol. The summed E-state index contributed by atoms with van der Waals surface area (Å²) in [5.41, 5.74) is 3.01. The number of carbonyl (C=O) groups is 1. The molecule has 2 aromatic carbocycles. The summed E-state index contributed by atoms with van der Waals surface area (Å²) in [6, 6.07) is 19.6. The average molecular weight is 260 g/mol. The summed E-state index contributed by atoms with van der Waals surface area (Å²) in [6.07, 6.45) is 7.06. The van der Waals surface area contributed by atoms with E-state index in [2.05, 4.69) is 12.2 Å². The Balaban J connectivity index is 2.00. The molecule has 0 heterocycles. The zero-order valence-corrected chi connectivity index (χ0v) is 11.2. The van der Waals surface area contributed by atoms with Crippen molar-refractivity contribution in [3.63, 3.8) is 0 Å². The number of Topliss-reactive ketones (excluding diaryl/α,β-unsaturated/α-hetero) is 1. The largest absolute Gasteiger partial charge is 0.293 e. The first-order valence-corrected chi connectivity index (χ1v) is 6.86. The number of carbonyl (C=O) groups excluding carboxylic acids is 1. The van der Waals surface area contributed by atoms with Crippen LogP contribution in [0.3, 0.4) is 0 Å². The quantitative estimate of drug-likeness (QED) is 0.738. The second kappa shape index (κ2) is 5.70. The van der Waals surface area contributed by atoms with E-state index in [1.807, 2.05) is 66.7 Å². The molecule has 3 rings (SSSR count). The van der Waals surface area contributed by atoms with Crippen LogP contribution in [-0.4, -0.2) is 5.78 Å². The third-order valence-electron chi connectivity index (χ3n) is 3.62. The van der Waals surface area contributed by atoms with Gasteiger partial charge in [0.15, 0.2) is 5.78 Å². The Labute approximate surface area is 119 Å². The van der Waals surface area contributed by atoms with Crippen molar-refractivity contribution in [3.05, 3.63) is 95.6 Å². The third-order valence-corrected chi connectivity index (χ3v) is 3.62. The molecule has 0 saturated carbocycles. The predicted molar refractivity (Wildman–Crippen MR) is 81.8 cm³/mol. The van der Waals surface area contributed by atoms with Crippen molar-refractivity contribution >= 4 is 5.78 Å². The summed E-state index contributed by atoms with van der Waals surface area (Å²) >= 11 is 0. The van der Waals surface area contributed by atoms with Crippen molar-refractivity contribution in [2.45, 2.75) is 12.3 Å². The third kappa shape index (κ3) is 2.48. The van der Waals surface area contributed by atoms with Crippen LogP contribution in [0.4, 0.5) is 0 Å². The van der Waals surface area contributed by atoms with Crippen LogP contribution in [0.5, 0.6) is 0 Å². The van der Waals surface area contributed by atoms with Crippen molar-refractivity contribution < 1.29 is 4.79 Å². The van der Waals surface area contributed by atoms with Crippen molar-refractivity contribution in [2.24, 2.45) is 0 Å². The number of benzene rings is 2. The van der Waals surface area contributed by atoms with E-state index in [9.17, 15) is 4.79 Å². The summed E-state index contributed by atoms with van der Waals surface area (Å²) < 4.78 is 0. The number of allylic oxidation sites excluding steroid dienone is 4. The fourth-order valence-electron chi connectivity index (χ4n) is 2.63. The summed E-state index contributed by atoms with van der Waals surface area (Å²) in [7, 11) is 0. The molecule has 0 spiro atoms.